The van der Waals surface area contributed by atoms with Crippen LogP contribution in [-0.4, -0.2) is 18.8 Å². The Hall–Kier alpha value is -0.440. The molecule has 0 aromatic rings. The fourth-order valence-electron chi connectivity index (χ4n) is 1.18. The molecule has 2 nitrogen and oxygen atoms in total. The molecule has 0 bridgehead atoms. The van der Waals surface area contributed by atoms with Crippen molar-refractivity contribution < 1.29 is 9.53 Å². The van der Waals surface area contributed by atoms with E-state index < -0.39 is 0 Å². The fourth-order valence-corrected chi connectivity index (χ4v) is 1.80. The Morgan fingerprint density at radius 3 is 2.67 bits per heavy atom. The summed E-state index contributed by atoms with van der Waals surface area (Å²) in [5.74, 6) is 0.260. The van der Waals surface area contributed by atoms with Crippen molar-refractivity contribution in [3.05, 3.63) is 11.5 Å². The van der Waals surface area contributed by atoms with Gasteiger partial charge in [0.2, 0.25) is 0 Å². The van der Waals surface area contributed by atoms with Crippen LogP contribution in [-0.2, 0) is 9.53 Å². The number of methoxy groups -OCH3 is 1. The second-order valence-corrected chi connectivity index (χ2v) is 4.36. The molecule has 0 fully saturated rings. The summed E-state index contributed by atoms with van der Waals surface area (Å²) >= 11 is 1.50. The first-order valence-corrected chi connectivity index (χ1v) is 6.69. The van der Waals surface area contributed by atoms with Crippen LogP contribution < -0.4 is 0 Å². The molecule has 0 aliphatic rings. The van der Waals surface area contributed by atoms with Crippen LogP contribution in [0.3, 0.4) is 0 Å². The molecule has 0 atom stereocenters. The molecule has 0 saturated heterocycles. The van der Waals surface area contributed by atoms with Gasteiger partial charge in [-0.2, -0.15) is 0 Å². The summed E-state index contributed by atoms with van der Waals surface area (Å²) in [6, 6.07) is 0. The number of allylic oxidation sites excluding steroid dienone is 1. The fraction of sp³-hybridized carbons (Fsp3) is 0.750. The van der Waals surface area contributed by atoms with E-state index >= 15 is 0 Å². The minimum absolute atomic E-state index is 0.160. The Bertz CT molecular complexity index is 178. The largest absolute Gasteiger partial charge is 0.468 e. The van der Waals surface area contributed by atoms with Crippen molar-refractivity contribution in [2.24, 2.45) is 0 Å². The summed E-state index contributed by atoms with van der Waals surface area (Å²) in [5.41, 5.74) is 0. The zero-order chi connectivity index (χ0) is 11.4. The molecule has 0 aliphatic heterocycles. The lowest BCUT2D eigenvalue weighted by atomic mass is 10.1. The number of thioether (sulfide) groups is 1. The number of rotatable bonds is 9. The van der Waals surface area contributed by atoms with Gasteiger partial charge in [-0.3, -0.25) is 4.79 Å². The van der Waals surface area contributed by atoms with Gasteiger partial charge >= 0.3 is 5.97 Å². The average molecular weight is 230 g/mol. The van der Waals surface area contributed by atoms with Gasteiger partial charge in [0, 0.05) is 0 Å². The standard InChI is InChI=1S/C12H22O2S/c1-3-4-5-6-7-8-9-10-15-11-12(13)14-2/h9-10H,3-8,11H2,1-2H3/b10-9+. The predicted octanol–water partition coefficient (Wildman–Crippen LogP) is 3.77. The predicted molar refractivity (Wildman–Crippen MR) is 67.0 cm³/mol. The lowest BCUT2D eigenvalue weighted by molar-refractivity contribution is -0.137. The molecule has 88 valence electrons. The molecule has 0 amide bonds. The second-order valence-electron chi connectivity index (χ2n) is 3.46. The monoisotopic (exact) mass is 230 g/mol. The van der Waals surface area contributed by atoms with Gasteiger partial charge in [0.1, 0.15) is 0 Å². The number of hydrogen-bond acceptors (Lipinski definition) is 3. The molecule has 0 rings (SSSR count). The minimum Gasteiger partial charge on any atom is -0.468 e. The number of carbonyl (C=O) groups excluding carboxylic acids is 1. The highest BCUT2D eigenvalue weighted by atomic mass is 32.2. The third-order valence-corrected chi connectivity index (χ3v) is 2.88. The molecule has 15 heavy (non-hydrogen) atoms. The normalized spacial score (nSPS) is 10.8. The number of esters is 1. The zero-order valence-corrected chi connectivity index (χ0v) is 10.6. The third-order valence-electron chi connectivity index (χ3n) is 2.10. The van der Waals surface area contributed by atoms with E-state index in [9.17, 15) is 4.79 Å². The number of unbranched alkanes of at least 4 members (excludes halogenated alkanes) is 5. The smallest absolute Gasteiger partial charge is 0.315 e. The van der Waals surface area contributed by atoms with Crippen LogP contribution in [0.1, 0.15) is 45.4 Å². The Morgan fingerprint density at radius 1 is 1.27 bits per heavy atom. The van der Waals surface area contributed by atoms with Gasteiger partial charge in [-0.05, 0) is 18.2 Å². The van der Waals surface area contributed by atoms with Gasteiger partial charge in [-0.15, -0.1) is 11.8 Å². The molecule has 3 heteroatoms. The van der Waals surface area contributed by atoms with Gasteiger partial charge in [0.05, 0.1) is 12.9 Å². The number of ether oxygens (including phenoxy) is 1. The molecule has 0 spiro atoms. The summed E-state index contributed by atoms with van der Waals surface area (Å²) in [6.45, 7) is 2.23. The van der Waals surface area contributed by atoms with Crippen molar-refractivity contribution in [1.82, 2.24) is 0 Å². The maximum atomic E-state index is 10.7. The quantitative estimate of drug-likeness (QED) is 0.445. The van der Waals surface area contributed by atoms with Crippen molar-refractivity contribution in [2.45, 2.75) is 45.4 Å². The molecule has 0 heterocycles. The number of hydrogen-bond donors (Lipinski definition) is 0. The van der Waals surface area contributed by atoms with Crippen molar-refractivity contribution in [3.8, 4) is 0 Å². The van der Waals surface area contributed by atoms with Gasteiger partial charge in [0.25, 0.3) is 0 Å². The van der Waals surface area contributed by atoms with Crippen LogP contribution in [0, 0.1) is 0 Å². The molecule has 0 N–H and O–H groups in total. The van der Waals surface area contributed by atoms with E-state index in [2.05, 4.69) is 17.7 Å². The summed E-state index contributed by atoms with van der Waals surface area (Å²) in [6.07, 6.45) is 9.83. The maximum Gasteiger partial charge on any atom is 0.315 e. The van der Waals surface area contributed by atoms with Gasteiger partial charge < -0.3 is 4.74 Å². The van der Waals surface area contributed by atoms with Gasteiger partial charge in [-0.1, -0.05) is 38.7 Å². The molecule has 0 aromatic heterocycles. The van der Waals surface area contributed by atoms with E-state index in [1.165, 1.54) is 51.0 Å². The molecule has 0 aliphatic carbocycles. The topological polar surface area (TPSA) is 26.3 Å². The first-order valence-electron chi connectivity index (χ1n) is 5.64. The van der Waals surface area contributed by atoms with Crippen LogP contribution in [0.5, 0.6) is 0 Å². The summed E-state index contributed by atoms with van der Waals surface area (Å²) in [7, 11) is 1.42. The molecule has 0 aromatic carbocycles. The Morgan fingerprint density at radius 2 is 2.00 bits per heavy atom. The van der Waals surface area contributed by atoms with E-state index in [0.717, 1.165) is 6.42 Å². The van der Waals surface area contributed by atoms with E-state index in [1.54, 1.807) is 0 Å². The summed E-state index contributed by atoms with van der Waals surface area (Å²) in [4.78, 5) is 10.7. The Labute approximate surface area is 97.5 Å². The van der Waals surface area contributed by atoms with Gasteiger partial charge in [-0.25, -0.2) is 0 Å². The first kappa shape index (κ1) is 14.6. The Kier molecular flexibility index (Phi) is 11.3. The highest BCUT2D eigenvalue weighted by Crippen LogP contribution is 2.08. The summed E-state index contributed by atoms with van der Waals surface area (Å²) < 4.78 is 4.53. The molecule has 0 radical (unpaired) electrons. The lowest BCUT2D eigenvalue weighted by Gasteiger charge is -1.96. The molecule has 0 saturated carbocycles. The average Bonchev–Trinajstić information content (AvgIpc) is 2.26. The summed E-state index contributed by atoms with van der Waals surface area (Å²) in [5, 5.41) is 2.00. The zero-order valence-electron chi connectivity index (χ0n) is 9.83. The van der Waals surface area contributed by atoms with Gasteiger partial charge in [0.15, 0.2) is 0 Å². The van der Waals surface area contributed by atoms with Crippen molar-refractivity contribution in [3.63, 3.8) is 0 Å². The molecule has 0 unspecified atom stereocenters. The Balaban J connectivity index is 3.14. The van der Waals surface area contributed by atoms with E-state index in [0.29, 0.717) is 5.75 Å². The van der Waals surface area contributed by atoms with Crippen molar-refractivity contribution in [1.29, 1.82) is 0 Å². The second kappa shape index (κ2) is 11.6. The van der Waals surface area contributed by atoms with E-state index in [-0.39, 0.29) is 5.97 Å². The van der Waals surface area contributed by atoms with Crippen molar-refractivity contribution in [2.75, 3.05) is 12.9 Å². The van der Waals surface area contributed by atoms with Crippen LogP contribution in [0.25, 0.3) is 0 Å². The SMILES string of the molecule is CCCCCCC/C=C/SCC(=O)OC. The van der Waals surface area contributed by atoms with E-state index in [1.807, 2.05) is 5.41 Å². The highest BCUT2D eigenvalue weighted by Gasteiger charge is 1.95. The number of carbonyl (C=O) groups is 1. The molecular weight excluding hydrogens is 208 g/mol. The minimum atomic E-state index is -0.160. The van der Waals surface area contributed by atoms with E-state index in [4.69, 9.17) is 0 Å². The first-order chi connectivity index (χ1) is 7.31. The van der Waals surface area contributed by atoms with Crippen LogP contribution in [0.2, 0.25) is 0 Å². The third kappa shape index (κ3) is 11.5. The van der Waals surface area contributed by atoms with Crippen LogP contribution >= 0.6 is 11.8 Å². The lowest BCUT2D eigenvalue weighted by Crippen LogP contribution is -2.01. The molecular formula is C12H22O2S. The van der Waals surface area contributed by atoms with Crippen LogP contribution in [0.4, 0.5) is 0 Å². The maximum absolute atomic E-state index is 10.7. The highest BCUT2D eigenvalue weighted by molar-refractivity contribution is 8.02. The van der Waals surface area contributed by atoms with Crippen molar-refractivity contribution >= 4 is 17.7 Å². The van der Waals surface area contributed by atoms with Crippen LogP contribution in [0.15, 0.2) is 11.5 Å².